The van der Waals surface area contributed by atoms with Gasteiger partial charge in [-0.3, -0.25) is 0 Å². The summed E-state index contributed by atoms with van der Waals surface area (Å²) < 4.78 is 0. The van der Waals surface area contributed by atoms with Gasteiger partial charge in [-0.15, -0.1) is 36.2 Å². The predicted molar refractivity (Wildman–Crippen MR) is 117 cm³/mol. The van der Waals surface area contributed by atoms with Crippen LogP contribution in [0.15, 0.2) is 46.9 Å². The molecule has 2 aromatic heterocycles. The quantitative estimate of drug-likeness (QED) is 0.475. The molecule has 1 aliphatic rings. The highest BCUT2D eigenvalue weighted by Crippen LogP contribution is 2.34. The van der Waals surface area contributed by atoms with Crippen molar-refractivity contribution in [2.45, 2.75) is 18.8 Å². The van der Waals surface area contributed by atoms with Crippen molar-refractivity contribution in [1.29, 1.82) is 0 Å². The Balaban J connectivity index is 0.00000121. The molecule has 140 valence electrons. The fourth-order valence-corrected chi connectivity index (χ4v) is 4.11. The highest BCUT2D eigenvalue weighted by Gasteiger charge is 2.21. The van der Waals surface area contributed by atoms with E-state index in [1.807, 2.05) is 17.5 Å². The van der Waals surface area contributed by atoms with Gasteiger partial charge in [-0.25, -0.2) is 4.99 Å². The van der Waals surface area contributed by atoms with E-state index in [0.29, 0.717) is 11.8 Å². The van der Waals surface area contributed by atoms with E-state index in [1.165, 1.54) is 36.9 Å². The number of fused-ring (bicyclic) bond motifs is 1. The number of rotatable bonds is 3. The molecule has 0 saturated carbocycles. The monoisotopic (exact) mass is 410 g/mol. The molecule has 0 amide bonds. The van der Waals surface area contributed by atoms with E-state index in [0.717, 1.165) is 16.1 Å². The molecule has 3 heterocycles. The van der Waals surface area contributed by atoms with Crippen molar-refractivity contribution >= 4 is 58.6 Å². The molecule has 26 heavy (non-hydrogen) atoms. The van der Waals surface area contributed by atoms with Crippen LogP contribution in [0.4, 0.5) is 5.69 Å². The number of hydrogen-bond donors (Lipinski definition) is 2. The maximum atomic E-state index is 6.10. The topological polar surface area (TPSA) is 57.4 Å². The maximum Gasteiger partial charge on any atom is 0.141 e. The highest BCUT2D eigenvalue weighted by molar-refractivity contribution is 7.12. The normalized spacial score (nSPS) is 16.3. The van der Waals surface area contributed by atoms with Crippen LogP contribution in [0, 0.1) is 0 Å². The summed E-state index contributed by atoms with van der Waals surface area (Å²) in [6.07, 6.45) is 4.64. The van der Waals surface area contributed by atoms with Gasteiger partial charge in [0.2, 0.25) is 0 Å². The number of aromatic amines is 1. The molecule has 1 saturated heterocycles. The van der Waals surface area contributed by atoms with Gasteiger partial charge in [0, 0.05) is 17.1 Å². The van der Waals surface area contributed by atoms with Gasteiger partial charge in [0.05, 0.1) is 10.6 Å². The van der Waals surface area contributed by atoms with Gasteiger partial charge >= 0.3 is 0 Å². The Morgan fingerprint density at radius 2 is 2.00 bits per heavy atom. The molecule has 0 spiro atoms. The minimum Gasteiger partial charge on any atom is -0.383 e. The summed E-state index contributed by atoms with van der Waals surface area (Å²) in [5, 5.41) is 3.33. The Bertz CT molecular complexity index is 865. The zero-order valence-electron chi connectivity index (χ0n) is 14.6. The Kier molecular flexibility index (Phi) is 7.12. The van der Waals surface area contributed by atoms with Gasteiger partial charge in [0.1, 0.15) is 5.84 Å². The molecule has 0 radical (unpaired) electrons. The van der Waals surface area contributed by atoms with Crippen molar-refractivity contribution < 1.29 is 0 Å². The van der Waals surface area contributed by atoms with E-state index in [-0.39, 0.29) is 24.8 Å². The molecule has 4 nitrogen and oxygen atoms in total. The molecule has 0 bridgehead atoms. The van der Waals surface area contributed by atoms with Crippen molar-refractivity contribution in [3.8, 4) is 0 Å². The van der Waals surface area contributed by atoms with E-state index in [4.69, 9.17) is 5.73 Å². The van der Waals surface area contributed by atoms with Crippen LogP contribution in [0.2, 0.25) is 0 Å². The number of piperidine rings is 1. The number of nitrogens with one attached hydrogen (secondary N) is 1. The first kappa shape index (κ1) is 20.8. The van der Waals surface area contributed by atoms with Gasteiger partial charge in [-0.05, 0) is 68.0 Å². The number of aromatic nitrogens is 1. The van der Waals surface area contributed by atoms with Crippen LogP contribution in [-0.4, -0.2) is 35.9 Å². The second-order valence-electron chi connectivity index (χ2n) is 6.53. The number of thiophene rings is 1. The van der Waals surface area contributed by atoms with Crippen LogP contribution < -0.4 is 5.73 Å². The molecule has 0 unspecified atom stereocenters. The molecule has 1 aliphatic heterocycles. The molecular weight excluding hydrogens is 387 g/mol. The molecule has 3 N–H and O–H groups in total. The van der Waals surface area contributed by atoms with E-state index in [2.05, 4.69) is 46.3 Å². The second kappa shape index (κ2) is 8.91. The van der Waals surface area contributed by atoms with Crippen molar-refractivity contribution in [2.24, 2.45) is 10.7 Å². The van der Waals surface area contributed by atoms with E-state index in [1.54, 1.807) is 11.3 Å². The molecule has 0 atom stereocenters. The van der Waals surface area contributed by atoms with Crippen LogP contribution in [0.5, 0.6) is 0 Å². The minimum absolute atomic E-state index is 0. The first-order valence-corrected chi connectivity index (χ1v) is 9.26. The van der Waals surface area contributed by atoms with Crippen molar-refractivity contribution in [3.63, 3.8) is 0 Å². The first-order chi connectivity index (χ1) is 11.7. The zero-order valence-corrected chi connectivity index (χ0v) is 17.1. The summed E-state index contributed by atoms with van der Waals surface area (Å²) in [7, 11) is 2.20. The smallest absolute Gasteiger partial charge is 0.141 e. The van der Waals surface area contributed by atoms with Crippen molar-refractivity contribution in [1.82, 2.24) is 9.88 Å². The van der Waals surface area contributed by atoms with Crippen molar-refractivity contribution in [2.75, 3.05) is 20.1 Å². The second-order valence-corrected chi connectivity index (χ2v) is 7.47. The maximum absolute atomic E-state index is 6.10. The number of benzene rings is 1. The summed E-state index contributed by atoms with van der Waals surface area (Å²) in [5.74, 6) is 1.23. The summed E-state index contributed by atoms with van der Waals surface area (Å²) in [4.78, 5) is 11.4. The fourth-order valence-electron chi connectivity index (χ4n) is 3.48. The van der Waals surface area contributed by atoms with Crippen molar-refractivity contribution in [3.05, 3.63) is 52.3 Å². The number of halogens is 2. The third kappa shape index (κ3) is 4.23. The molecule has 4 rings (SSSR count). The third-order valence-electron chi connectivity index (χ3n) is 4.88. The Morgan fingerprint density at radius 1 is 1.23 bits per heavy atom. The molecular formula is C19H24Cl2N4S. The summed E-state index contributed by atoms with van der Waals surface area (Å²) in [6, 6.07) is 10.3. The molecule has 1 fully saturated rings. The third-order valence-corrected chi connectivity index (χ3v) is 5.77. The summed E-state index contributed by atoms with van der Waals surface area (Å²) in [6.45, 7) is 2.36. The molecule has 3 aromatic rings. The number of aliphatic imine (C=N–C) groups is 1. The van der Waals surface area contributed by atoms with Crippen LogP contribution >= 0.6 is 36.2 Å². The zero-order chi connectivity index (χ0) is 16.5. The number of hydrogen-bond acceptors (Lipinski definition) is 3. The average molecular weight is 411 g/mol. The van der Waals surface area contributed by atoms with Gasteiger partial charge in [-0.2, -0.15) is 0 Å². The van der Waals surface area contributed by atoms with Gasteiger partial charge in [0.25, 0.3) is 0 Å². The lowest BCUT2D eigenvalue weighted by Gasteiger charge is -2.28. The van der Waals surface area contributed by atoms with E-state index < -0.39 is 0 Å². The number of amidine groups is 1. The lowest BCUT2D eigenvalue weighted by molar-refractivity contribution is 0.256. The number of H-pyrrole nitrogens is 1. The van der Waals surface area contributed by atoms with E-state index in [9.17, 15) is 0 Å². The standard InChI is InChI=1S/C19H22N4S.2ClH/c1-23-8-6-13(7-9-23)16-12-21-17-11-14(4-5-15(16)17)22-19(20)18-3-2-10-24-18;;/h2-5,10-13,21H,6-9H2,1H3,(H2,20,22);2*1H. The predicted octanol–water partition coefficient (Wildman–Crippen LogP) is 4.92. The average Bonchev–Trinajstić information content (AvgIpc) is 3.25. The van der Waals surface area contributed by atoms with Crippen LogP contribution in [-0.2, 0) is 0 Å². The summed E-state index contributed by atoms with van der Waals surface area (Å²) in [5.41, 5.74) is 9.58. The van der Waals surface area contributed by atoms with Gasteiger partial charge < -0.3 is 15.6 Å². The Hall–Kier alpha value is -1.53. The Morgan fingerprint density at radius 3 is 2.69 bits per heavy atom. The van der Waals surface area contributed by atoms with Crippen LogP contribution in [0.3, 0.4) is 0 Å². The lowest BCUT2D eigenvalue weighted by atomic mass is 9.89. The van der Waals surface area contributed by atoms with Crippen LogP contribution in [0.25, 0.3) is 10.9 Å². The molecule has 1 aromatic carbocycles. The summed E-state index contributed by atoms with van der Waals surface area (Å²) >= 11 is 1.61. The van der Waals surface area contributed by atoms with Gasteiger partial charge in [-0.1, -0.05) is 12.1 Å². The number of nitrogens with zero attached hydrogens (tertiary/aromatic N) is 2. The van der Waals surface area contributed by atoms with Gasteiger partial charge in [0.15, 0.2) is 0 Å². The Labute approximate surface area is 170 Å². The number of likely N-dealkylation sites (tertiary alicyclic amines) is 1. The minimum atomic E-state index is 0. The first-order valence-electron chi connectivity index (χ1n) is 8.38. The SMILES string of the molecule is CN1CCC(c2c[nH]c3cc(N=C(N)c4cccs4)ccc23)CC1.Cl.Cl. The molecule has 0 aliphatic carbocycles. The lowest BCUT2D eigenvalue weighted by Crippen LogP contribution is -2.29. The highest BCUT2D eigenvalue weighted by atomic mass is 35.5. The number of nitrogens with two attached hydrogens (primary N) is 1. The van der Waals surface area contributed by atoms with Crippen LogP contribution in [0.1, 0.15) is 29.2 Å². The molecule has 7 heteroatoms. The largest absolute Gasteiger partial charge is 0.383 e. The van der Waals surface area contributed by atoms with E-state index >= 15 is 0 Å². The fraction of sp³-hybridized carbons (Fsp3) is 0.316.